The van der Waals surface area contributed by atoms with E-state index in [0.717, 1.165) is 12.8 Å². The topological polar surface area (TPSA) is 58.3 Å². The van der Waals surface area contributed by atoms with Gasteiger partial charge in [0.1, 0.15) is 0 Å². The molecule has 16 heavy (non-hydrogen) atoms. The minimum absolute atomic E-state index is 0.0896. The molecule has 0 aromatic rings. The monoisotopic (exact) mass is 228 g/mol. The zero-order valence-corrected chi connectivity index (χ0v) is 11.2. The van der Waals surface area contributed by atoms with Crippen LogP contribution in [0.1, 0.15) is 47.0 Å². The molecule has 4 N–H and O–H groups in total. The summed E-state index contributed by atoms with van der Waals surface area (Å²) in [7, 11) is 0. The number of rotatable bonds is 5. The maximum atomic E-state index is 9.17. The van der Waals surface area contributed by atoms with E-state index in [4.69, 9.17) is 10.8 Å². The fourth-order valence-corrected chi connectivity index (χ4v) is 2.81. The van der Waals surface area contributed by atoms with Crippen LogP contribution >= 0.6 is 0 Å². The molecule has 0 bridgehead atoms. The average Bonchev–Trinajstić information content (AvgIpc) is 2.53. The molecule has 0 heterocycles. The van der Waals surface area contributed by atoms with Gasteiger partial charge in [-0.15, -0.1) is 0 Å². The van der Waals surface area contributed by atoms with Crippen LogP contribution in [-0.4, -0.2) is 29.8 Å². The van der Waals surface area contributed by atoms with Crippen molar-refractivity contribution in [3.05, 3.63) is 0 Å². The highest BCUT2D eigenvalue weighted by atomic mass is 16.3. The third-order valence-electron chi connectivity index (χ3n) is 4.16. The Hall–Kier alpha value is -0.120. The van der Waals surface area contributed by atoms with Crippen LogP contribution in [0.5, 0.6) is 0 Å². The summed E-state index contributed by atoms with van der Waals surface area (Å²) >= 11 is 0. The number of nitrogens with two attached hydrogens (primary N) is 1. The van der Waals surface area contributed by atoms with Gasteiger partial charge in [0.25, 0.3) is 0 Å². The molecule has 96 valence electrons. The maximum absolute atomic E-state index is 9.17. The normalized spacial score (nSPS) is 32.6. The fraction of sp³-hybridized carbons (Fsp3) is 1.00. The van der Waals surface area contributed by atoms with Gasteiger partial charge >= 0.3 is 0 Å². The summed E-state index contributed by atoms with van der Waals surface area (Å²) in [6.07, 6.45) is 3.52. The molecular weight excluding hydrogens is 200 g/mol. The van der Waals surface area contributed by atoms with Gasteiger partial charge in [-0.3, -0.25) is 0 Å². The number of aliphatic hydroxyl groups excluding tert-OH is 1. The van der Waals surface area contributed by atoms with Gasteiger partial charge in [0.2, 0.25) is 0 Å². The van der Waals surface area contributed by atoms with Crippen molar-refractivity contribution in [1.82, 2.24) is 5.32 Å². The lowest BCUT2D eigenvalue weighted by molar-refractivity contribution is 0.176. The van der Waals surface area contributed by atoms with Crippen LogP contribution < -0.4 is 11.1 Å². The summed E-state index contributed by atoms with van der Waals surface area (Å²) in [5.41, 5.74) is 6.44. The van der Waals surface area contributed by atoms with Gasteiger partial charge in [0.15, 0.2) is 0 Å². The number of hydrogen-bond donors (Lipinski definition) is 3. The smallest absolute Gasteiger partial charge is 0.0471 e. The van der Waals surface area contributed by atoms with Crippen molar-refractivity contribution in [3.63, 3.8) is 0 Å². The van der Waals surface area contributed by atoms with E-state index < -0.39 is 0 Å². The molecule has 0 aliphatic heterocycles. The number of aliphatic hydroxyl groups is 1. The molecule has 0 spiro atoms. The van der Waals surface area contributed by atoms with Gasteiger partial charge in [0.05, 0.1) is 0 Å². The quantitative estimate of drug-likeness (QED) is 0.668. The van der Waals surface area contributed by atoms with Gasteiger partial charge in [0, 0.05) is 24.7 Å². The maximum Gasteiger partial charge on any atom is 0.0471 e. The van der Waals surface area contributed by atoms with Crippen LogP contribution in [0.2, 0.25) is 0 Å². The van der Waals surface area contributed by atoms with Crippen molar-refractivity contribution in [2.45, 2.75) is 58.5 Å². The average molecular weight is 228 g/mol. The first-order valence-corrected chi connectivity index (χ1v) is 6.43. The van der Waals surface area contributed by atoms with Crippen LogP contribution in [-0.2, 0) is 0 Å². The molecule has 0 amide bonds. The van der Waals surface area contributed by atoms with Gasteiger partial charge in [-0.2, -0.15) is 0 Å². The molecule has 1 aliphatic rings. The second-order valence-electron chi connectivity index (χ2n) is 6.42. The first-order chi connectivity index (χ1) is 7.34. The van der Waals surface area contributed by atoms with Gasteiger partial charge in [-0.05, 0) is 37.5 Å². The second kappa shape index (κ2) is 5.03. The predicted molar refractivity (Wildman–Crippen MR) is 68.3 cm³/mol. The van der Waals surface area contributed by atoms with Crippen molar-refractivity contribution in [2.24, 2.45) is 17.1 Å². The van der Waals surface area contributed by atoms with Gasteiger partial charge in [-0.25, -0.2) is 0 Å². The molecule has 1 fully saturated rings. The Bertz CT molecular complexity index is 230. The molecule has 0 saturated heterocycles. The Labute approximate surface area is 99.8 Å². The first-order valence-electron chi connectivity index (χ1n) is 6.43. The van der Waals surface area contributed by atoms with E-state index in [1.54, 1.807) is 0 Å². The molecule has 0 aromatic carbocycles. The summed E-state index contributed by atoms with van der Waals surface area (Å²) < 4.78 is 0. The van der Waals surface area contributed by atoms with Crippen molar-refractivity contribution in [1.29, 1.82) is 0 Å². The minimum Gasteiger partial charge on any atom is -0.396 e. The van der Waals surface area contributed by atoms with Crippen LogP contribution in [0.15, 0.2) is 0 Å². The highest BCUT2D eigenvalue weighted by molar-refractivity contribution is 5.01. The van der Waals surface area contributed by atoms with Crippen molar-refractivity contribution >= 4 is 0 Å². The lowest BCUT2D eigenvalue weighted by atomic mass is 9.86. The first kappa shape index (κ1) is 13.9. The van der Waals surface area contributed by atoms with E-state index in [-0.39, 0.29) is 18.1 Å². The van der Waals surface area contributed by atoms with E-state index >= 15 is 0 Å². The molecule has 3 unspecified atom stereocenters. The zero-order chi connectivity index (χ0) is 12.4. The van der Waals surface area contributed by atoms with E-state index in [2.05, 4.69) is 33.0 Å². The highest BCUT2D eigenvalue weighted by Crippen LogP contribution is 2.43. The molecule has 3 heteroatoms. The SMILES string of the molecule is CC(CO)C(C)NC1(CN)CCC(C)(C)C1. The van der Waals surface area contributed by atoms with Crippen molar-refractivity contribution in [2.75, 3.05) is 13.2 Å². The van der Waals surface area contributed by atoms with Crippen LogP contribution in [0.3, 0.4) is 0 Å². The van der Waals surface area contributed by atoms with E-state index in [1.165, 1.54) is 6.42 Å². The third kappa shape index (κ3) is 3.19. The summed E-state index contributed by atoms with van der Waals surface area (Å²) in [4.78, 5) is 0. The predicted octanol–water partition coefficient (Wildman–Crippen LogP) is 1.50. The van der Waals surface area contributed by atoms with Gasteiger partial charge in [-0.1, -0.05) is 20.8 Å². The molecule has 3 atom stereocenters. The van der Waals surface area contributed by atoms with E-state index in [9.17, 15) is 0 Å². The largest absolute Gasteiger partial charge is 0.396 e. The Morgan fingerprint density at radius 1 is 1.31 bits per heavy atom. The second-order valence-corrected chi connectivity index (χ2v) is 6.42. The Balaban J connectivity index is 2.62. The van der Waals surface area contributed by atoms with E-state index in [1.807, 2.05) is 0 Å². The summed E-state index contributed by atoms with van der Waals surface area (Å²) in [6, 6.07) is 0.322. The number of nitrogens with one attached hydrogen (secondary N) is 1. The standard InChI is InChI=1S/C13H28N2O/c1-10(7-16)11(2)15-13(9-14)6-5-12(3,4)8-13/h10-11,15-16H,5-9,14H2,1-4H3. The minimum atomic E-state index is 0.0896. The van der Waals surface area contributed by atoms with Crippen LogP contribution in [0.4, 0.5) is 0 Å². The Kier molecular flexibility index (Phi) is 4.38. The molecule has 1 saturated carbocycles. The molecule has 1 aliphatic carbocycles. The zero-order valence-electron chi connectivity index (χ0n) is 11.2. The lowest BCUT2D eigenvalue weighted by Gasteiger charge is -2.36. The summed E-state index contributed by atoms with van der Waals surface area (Å²) in [5.74, 6) is 0.284. The molecule has 3 nitrogen and oxygen atoms in total. The van der Waals surface area contributed by atoms with Crippen LogP contribution in [0.25, 0.3) is 0 Å². The van der Waals surface area contributed by atoms with Crippen LogP contribution in [0, 0.1) is 11.3 Å². The highest BCUT2D eigenvalue weighted by Gasteiger charge is 2.42. The Morgan fingerprint density at radius 3 is 2.31 bits per heavy atom. The molecule has 0 radical (unpaired) electrons. The molecular formula is C13H28N2O. The molecule has 1 rings (SSSR count). The van der Waals surface area contributed by atoms with Crippen molar-refractivity contribution in [3.8, 4) is 0 Å². The summed E-state index contributed by atoms with van der Waals surface area (Å²) in [5, 5.41) is 12.8. The Morgan fingerprint density at radius 2 is 1.94 bits per heavy atom. The van der Waals surface area contributed by atoms with E-state index in [0.29, 0.717) is 18.0 Å². The third-order valence-corrected chi connectivity index (χ3v) is 4.16. The summed E-state index contributed by atoms with van der Waals surface area (Å²) in [6.45, 7) is 9.77. The number of hydrogen-bond acceptors (Lipinski definition) is 3. The van der Waals surface area contributed by atoms with Crippen molar-refractivity contribution < 1.29 is 5.11 Å². The molecule has 0 aromatic heterocycles. The fourth-order valence-electron chi connectivity index (χ4n) is 2.81. The van der Waals surface area contributed by atoms with Gasteiger partial charge < -0.3 is 16.2 Å². The lowest BCUT2D eigenvalue weighted by Crippen LogP contribution is -2.55.